The first-order valence-corrected chi connectivity index (χ1v) is 10.1. The minimum absolute atomic E-state index is 0.116. The maximum Gasteiger partial charge on any atom is 0.222 e. The van der Waals surface area contributed by atoms with E-state index in [-0.39, 0.29) is 5.91 Å². The fourth-order valence-corrected chi connectivity index (χ4v) is 3.20. The lowest BCUT2D eigenvalue weighted by Crippen LogP contribution is -2.28. The van der Waals surface area contributed by atoms with E-state index in [9.17, 15) is 4.79 Å². The summed E-state index contributed by atoms with van der Waals surface area (Å²) in [6, 6.07) is 15.7. The monoisotopic (exact) mass is 408 g/mol. The molecule has 0 aliphatic carbocycles. The molecular formula is C24H28N2O4. The van der Waals surface area contributed by atoms with Crippen LogP contribution in [-0.4, -0.2) is 43.6 Å². The molecule has 1 heterocycles. The Morgan fingerprint density at radius 1 is 1.03 bits per heavy atom. The van der Waals surface area contributed by atoms with Crippen molar-refractivity contribution in [2.75, 3.05) is 27.8 Å². The molecule has 0 radical (unpaired) electrons. The Morgan fingerprint density at radius 3 is 2.53 bits per heavy atom. The van der Waals surface area contributed by atoms with Crippen LogP contribution in [0.25, 0.3) is 11.3 Å². The lowest BCUT2D eigenvalue weighted by molar-refractivity contribution is -0.129. The molecule has 158 valence electrons. The number of hydrogen-bond acceptors (Lipinski definition) is 5. The van der Waals surface area contributed by atoms with Crippen LogP contribution in [0.5, 0.6) is 11.5 Å². The average Bonchev–Trinajstić information content (AvgIpc) is 3.26. The minimum atomic E-state index is 0.116. The first-order chi connectivity index (χ1) is 14.6. The van der Waals surface area contributed by atoms with Gasteiger partial charge in [0.2, 0.25) is 5.91 Å². The highest BCUT2D eigenvalue weighted by molar-refractivity contribution is 5.75. The zero-order valence-corrected chi connectivity index (χ0v) is 17.8. The van der Waals surface area contributed by atoms with Crippen LogP contribution in [0.2, 0.25) is 0 Å². The van der Waals surface area contributed by atoms with Crippen molar-refractivity contribution in [3.8, 4) is 22.8 Å². The summed E-state index contributed by atoms with van der Waals surface area (Å²) in [6.07, 6.45) is 4.30. The number of carbonyl (C=O) groups is 1. The molecule has 0 saturated carbocycles. The largest absolute Gasteiger partial charge is 0.493 e. The zero-order valence-electron chi connectivity index (χ0n) is 17.8. The molecule has 0 unspecified atom stereocenters. The maximum atomic E-state index is 12.4. The van der Waals surface area contributed by atoms with Crippen molar-refractivity contribution >= 4 is 5.91 Å². The van der Waals surface area contributed by atoms with Crippen LogP contribution in [0.1, 0.15) is 24.3 Å². The maximum absolute atomic E-state index is 12.4. The Kier molecular flexibility index (Phi) is 7.49. The molecule has 6 nitrogen and oxygen atoms in total. The molecule has 1 aromatic heterocycles. The van der Waals surface area contributed by atoms with Crippen molar-refractivity contribution in [1.82, 2.24) is 9.88 Å². The van der Waals surface area contributed by atoms with Gasteiger partial charge in [0.25, 0.3) is 0 Å². The van der Waals surface area contributed by atoms with E-state index in [1.54, 1.807) is 25.3 Å². The van der Waals surface area contributed by atoms with Crippen molar-refractivity contribution in [1.29, 1.82) is 0 Å². The second-order valence-corrected chi connectivity index (χ2v) is 7.09. The quantitative estimate of drug-likeness (QED) is 0.498. The topological polar surface area (TPSA) is 64.8 Å². The molecule has 3 rings (SSSR count). The molecular weight excluding hydrogens is 380 g/mol. The predicted octanol–water partition coefficient (Wildman–Crippen LogP) is 4.38. The number of oxazole rings is 1. The second-order valence-electron chi connectivity index (χ2n) is 7.09. The molecule has 0 fully saturated rings. The zero-order chi connectivity index (χ0) is 21.3. The van der Waals surface area contributed by atoms with Gasteiger partial charge >= 0.3 is 0 Å². The number of rotatable bonds is 10. The summed E-state index contributed by atoms with van der Waals surface area (Å²) in [6.45, 7) is 0.644. The molecule has 6 heteroatoms. The van der Waals surface area contributed by atoms with Crippen LogP contribution in [0.15, 0.2) is 59.1 Å². The highest BCUT2D eigenvalue weighted by Gasteiger charge is 2.12. The van der Waals surface area contributed by atoms with Gasteiger partial charge in [0, 0.05) is 32.0 Å². The number of carbonyl (C=O) groups excluding carboxylic acids is 1. The average molecular weight is 408 g/mol. The smallest absolute Gasteiger partial charge is 0.222 e. The van der Waals surface area contributed by atoms with E-state index in [1.807, 2.05) is 55.6 Å². The van der Waals surface area contributed by atoms with Crippen LogP contribution < -0.4 is 9.47 Å². The number of methoxy groups -OCH3 is 2. The van der Waals surface area contributed by atoms with Crippen molar-refractivity contribution < 1.29 is 18.7 Å². The van der Waals surface area contributed by atoms with Crippen molar-refractivity contribution in [2.45, 2.75) is 25.7 Å². The Balaban J connectivity index is 1.43. The molecule has 0 saturated heterocycles. The van der Waals surface area contributed by atoms with Gasteiger partial charge in [-0.05, 0) is 30.5 Å². The van der Waals surface area contributed by atoms with Gasteiger partial charge in [-0.25, -0.2) is 4.98 Å². The van der Waals surface area contributed by atoms with Gasteiger partial charge < -0.3 is 18.8 Å². The van der Waals surface area contributed by atoms with Gasteiger partial charge in [-0.2, -0.15) is 0 Å². The normalized spacial score (nSPS) is 10.6. The molecule has 30 heavy (non-hydrogen) atoms. The van der Waals surface area contributed by atoms with Crippen LogP contribution in [0.3, 0.4) is 0 Å². The summed E-state index contributed by atoms with van der Waals surface area (Å²) >= 11 is 0. The van der Waals surface area contributed by atoms with E-state index >= 15 is 0 Å². The molecule has 0 N–H and O–H groups in total. The summed E-state index contributed by atoms with van der Waals surface area (Å²) in [5.41, 5.74) is 2.10. The van der Waals surface area contributed by atoms with Gasteiger partial charge in [-0.1, -0.05) is 36.4 Å². The third-order valence-electron chi connectivity index (χ3n) is 5.00. The van der Waals surface area contributed by atoms with E-state index in [4.69, 9.17) is 13.9 Å². The van der Waals surface area contributed by atoms with E-state index in [0.717, 1.165) is 23.3 Å². The lowest BCUT2D eigenvalue weighted by atomic mass is 10.1. The SMILES string of the molecule is COc1ccc(CCN(C)C(=O)CCCc2ncc(-c3ccccc3)o2)cc1OC. The third-order valence-corrected chi connectivity index (χ3v) is 5.00. The Morgan fingerprint density at radius 2 is 1.80 bits per heavy atom. The van der Waals surface area contributed by atoms with Crippen LogP contribution in [0.4, 0.5) is 0 Å². The number of aromatic nitrogens is 1. The first kappa shape index (κ1) is 21.4. The number of hydrogen-bond donors (Lipinski definition) is 0. The molecule has 0 aliphatic rings. The van der Waals surface area contributed by atoms with Gasteiger partial charge in [-0.15, -0.1) is 0 Å². The summed E-state index contributed by atoms with van der Waals surface area (Å²) in [5, 5.41) is 0. The summed E-state index contributed by atoms with van der Waals surface area (Å²) in [5.74, 6) is 2.93. The summed E-state index contributed by atoms with van der Waals surface area (Å²) < 4.78 is 16.4. The van der Waals surface area contributed by atoms with Gasteiger partial charge in [0.1, 0.15) is 0 Å². The van der Waals surface area contributed by atoms with E-state index in [2.05, 4.69) is 4.98 Å². The third kappa shape index (κ3) is 5.63. The number of ether oxygens (including phenoxy) is 2. The molecule has 3 aromatic rings. The molecule has 0 atom stereocenters. The van der Waals surface area contributed by atoms with Gasteiger partial charge in [-0.3, -0.25) is 4.79 Å². The summed E-state index contributed by atoms with van der Waals surface area (Å²) in [7, 11) is 5.07. The van der Waals surface area contributed by atoms with Crippen molar-refractivity contribution in [3.63, 3.8) is 0 Å². The van der Waals surface area contributed by atoms with E-state index in [1.165, 1.54) is 0 Å². The fraction of sp³-hybridized carbons (Fsp3) is 0.333. The van der Waals surface area contributed by atoms with E-state index in [0.29, 0.717) is 43.2 Å². The summed E-state index contributed by atoms with van der Waals surface area (Å²) in [4.78, 5) is 18.5. The van der Waals surface area contributed by atoms with Crippen molar-refractivity contribution in [3.05, 3.63) is 66.2 Å². The second kappa shape index (κ2) is 10.5. The Hall–Kier alpha value is -3.28. The molecule has 0 aliphatic heterocycles. The Bertz CT molecular complexity index is 953. The molecule has 2 aromatic carbocycles. The van der Waals surface area contributed by atoms with Crippen LogP contribution in [-0.2, 0) is 17.6 Å². The highest BCUT2D eigenvalue weighted by Crippen LogP contribution is 2.27. The van der Waals surface area contributed by atoms with Crippen molar-refractivity contribution in [2.24, 2.45) is 0 Å². The van der Waals surface area contributed by atoms with E-state index < -0.39 is 0 Å². The number of amides is 1. The molecule has 1 amide bonds. The predicted molar refractivity (Wildman–Crippen MR) is 116 cm³/mol. The Labute approximate surface area is 177 Å². The highest BCUT2D eigenvalue weighted by atomic mass is 16.5. The number of nitrogens with zero attached hydrogens (tertiary/aromatic N) is 2. The standard InChI is InChI=1S/C24H28N2O4/c1-26(15-14-18-12-13-20(28-2)21(16-18)29-3)24(27)11-7-10-23-25-17-22(30-23)19-8-5-4-6-9-19/h4-6,8-9,12-13,16-17H,7,10-11,14-15H2,1-3H3. The molecule has 0 bridgehead atoms. The lowest BCUT2D eigenvalue weighted by Gasteiger charge is -2.17. The number of likely N-dealkylation sites (N-methyl/N-ethyl adjacent to an activating group) is 1. The van der Waals surface area contributed by atoms with Gasteiger partial charge in [0.05, 0.1) is 20.4 Å². The van der Waals surface area contributed by atoms with Crippen LogP contribution in [0, 0.1) is 0 Å². The number of benzene rings is 2. The van der Waals surface area contributed by atoms with Crippen LogP contribution >= 0.6 is 0 Å². The molecule has 0 spiro atoms. The first-order valence-electron chi connectivity index (χ1n) is 10.1. The minimum Gasteiger partial charge on any atom is -0.493 e. The van der Waals surface area contributed by atoms with Gasteiger partial charge in [0.15, 0.2) is 23.1 Å². The fourth-order valence-electron chi connectivity index (χ4n) is 3.20. The number of aryl methyl sites for hydroxylation is 1.